The van der Waals surface area contributed by atoms with Gasteiger partial charge in [-0.1, -0.05) is 6.07 Å². The number of fused-ring (bicyclic) bond motifs is 1. The molecule has 0 spiro atoms. The fourth-order valence-electron chi connectivity index (χ4n) is 2.80. The van der Waals surface area contributed by atoms with E-state index in [-0.39, 0.29) is 11.1 Å². The summed E-state index contributed by atoms with van der Waals surface area (Å²) in [5, 5.41) is 13.7. The van der Waals surface area contributed by atoms with Crippen molar-refractivity contribution in [2.45, 2.75) is 0 Å². The standard InChI is InChI=1S/C17H15N5O5/c1-20(2)15-11(6-4-8-18-15)19-13(23)9-21-16(24)10-5-3-7-12(22(26)27)14(10)17(21)25/h3-8H,9H2,1-2H3,(H,19,23). The summed E-state index contributed by atoms with van der Waals surface area (Å²) >= 11 is 0. The molecule has 0 fully saturated rings. The number of amides is 3. The van der Waals surface area contributed by atoms with E-state index in [9.17, 15) is 24.5 Å². The maximum Gasteiger partial charge on any atom is 0.282 e. The quantitative estimate of drug-likeness (QED) is 0.478. The van der Waals surface area contributed by atoms with Crippen molar-refractivity contribution in [2.75, 3.05) is 30.9 Å². The molecule has 0 aliphatic carbocycles. The van der Waals surface area contributed by atoms with Crippen LogP contribution in [-0.2, 0) is 4.79 Å². The molecule has 1 aromatic heterocycles. The lowest BCUT2D eigenvalue weighted by atomic mass is 10.1. The molecule has 10 nitrogen and oxygen atoms in total. The summed E-state index contributed by atoms with van der Waals surface area (Å²) in [6.45, 7) is -0.564. The minimum Gasteiger partial charge on any atom is -0.361 e. The second-order valence-corrected chi connectivity index (χ2v) is 5.97. The Morgan fingerprint density at radius 2 is 1.96 bits per heavy atom. The zero-order valence-electron chi connectivity index (χ0n) is 14.5. The molecule has 3 rings (SSSR count). The highest BCUT2D eigenvalue weighted by Gasteiger charge is 2.41. The predicted molar refractivity (Wildman–Crippen MR) is 95.7 cm³/mol. The van der Waals surface area contributed by atoms with Crippen molar-refractivity contribution in [1.82, 2.24) is 9.88 Å². The molecular formula is C17H15N5O5. The Balaban J connectivity index is 1.82. The molecule has 0 saturated carbocycles. The lowest BCUT2D eigenvalue weighted by Gasteiger charge is -2.18. The molecule has 0 bridgehead atoms. The van der Waals surface area contributed by atoms with Gasteiger partial charge in [-0.15, -0.1) is 0 Å². The maximum atomic E-state index is 12.5. The van der Waals surface area contributed by atoms with E-state index in [1.807, 2.05) is 0 Å². The van der Waals surface area contributed by atoms with Gasteiger partial charge in [-0.05, 0) is 18.2 Å². The van der Waals surface area contributed by atoms with Gasteiger partial charge >= 0.3 is 0 Å². The van der Waals surface area contributed by atoms with Crippen LogP contribution in [0.15, 0.2) is 36.5 Å². The van der Waals surface area contributed by atoms with Gasteiger partial charge in [0.2, 0.25) is 5.91 Å². The number of pyridine rings is 1. The van der Waals surface area contributed by atoms with E-state index in [2.05, 4.69) is 10.3 Å². The first kappa shape index (κ1) is 18.0. The van der Waals surface area contributed by atoms with Crippen LogP contribution in [0.25, 0.3) is 0 Å². The number of nitro benzene ring substituents is 1. The highest BCUT2D eigenvalue weighted by atomic mass is 16.6. The number of hydrogen-bond acceptors (Lipinski definition) is 7. The van der Waals surface area contributed by atoms with E-state index >= 15 is 0 Å². The van der Waals surface area contributed by atoms with Crippen molar-refractivity contribution in [2.24, 2.45) is 0 Å². The summed E-state index contributed by atoms with van der Waals surface area (Å²) in [4.78, 5) is 54.2. The minimum absolute atomic E-state index is 0.0858. The molecule has 0 radical (unpaired) electrons. The highest BCUT2D eigenvalue weighted by molar-refractivity contribution is 6.24. The van der Waals surface area contributed by atoms with Gasteiger partial charge in [0, 0.05) is 26.4 Å². The molecule has 0 unspecified atom stereocenters. The molecule has 0 atom stereocenters. The third kappa shape index (κ3) is 3.19. The zero-order valence-corrected chi connectivity index (χ0v) is 14.5. The second kappa shape index (κ2) is 6.83. The Kier molecular flexibility index (Phi) is 4.55. The monoisotopic (exact) mass is 369 g/mol. The number of carbonyl (C=O) groups is 3. The number of aromatic nitrogens is 1. The van der Waals surface area contributed by atoms with Crippen LogP contribution in [0.3, 0.4) is 0 Å². The molecule has 27 heavy (non-hydrogen) atoms. The first-order valence-electron chi connectivity index (χ1n) is 7.87. The minimum atomic E-state index is -0.864. The highest BCUT2D eigenvalue weighted by Crippen LogP contribution is 2.30. The Hall–Kier alpha value is -3.82. The average molecular weight is 369 g/mol. The van der Waals surface area contributed by atoms with Crippen molar-refractivity contribution < 1.29 is 19.3 Å². The third-order valence-corrected chi connectivity index (χ3v) is 3.96. The smallest absolute Gasteiger partial charge is 0.282 e. The number of nitro groups is 1. The molecule has 1 aromatic carbocycles. The summed E-state index contributed by atoms with van der Waals surface area (Å²) in [6, 6.07) is 7.06. The number of imide groups is 1. The molecule has 138 valence electrons. The largest absolute Gasteiger partial charge is 0.361 e. The molecule has 1 aliphatic heterocycles. The maximum absolute atomic E-state index is 12.5. The number of benzene rings is 1. The van der Waals surface area contributed by atoms with Gasteiger partial charge in [-0.2, -0.15) is 0 Å². The lowest BCUT2D eigenvalue weighted by Crippen LogP contribution is -2.37. The Morgan fingerprint density at radius 1 is 1.22 bits per heavy atom. The Bertz CT molecular complexity index is 972. The van der Waals surface area contributed by atoms with Crippen molar-refractivity contribution in [3.05, 3.63) is 57.8 Å². The van der Waals surface area contributed by atoms with Gasteiger partial charge in [0.25, 0.3) is 17.5 Å². The van der Waals surface area contributed by atoms with Gasteiger partial charge in [0.1, 0.15) is 12.1 Å². The van der Waals surface area contributed by atoms with Gasteiger partial charge in [-0.3, -0.25) is 29.4 Å². The zero-order chi connectivity index (χ0) is 19.7. The van der Waals surface area contributed by atoms with Crippen molar-refractivity contribution in [3.63, 3.8) is 0 Å². The van der Waals surface area contributed by atoms with Crippen molar-refractivity contribution >= 4 is 34.9 Å². The molecule has 3 amide bonds. The van der Waals surface area contributed by atoms with E-state index < -0.39 is 34.9 Å². The van der Waals surface area contributed by atoms with Gasteiger partial charge in [-0.25, -0.2) is 4.98 Å². The van der Waals surface area contributed by atoms with Gasteiger partial charge in [0.15, 0.2) is 5.82 Å². The van der Waals surface area contributed by atoms with Gasteiger partial charge in [0.05, 0.1) is 16.2 Å². The number of carbonyl (C=O) groups excluding carboxylic acids is 3. The predicted octanol–water partition coefficient (Wildman–Crippen LogP) is 1.29. The van der Waals surface area contributed by atoms with Crippen LogP contribution in [0, 0.1) is 10.1 Å². The number of rotatable bonds is 5. The fraction of sp³-hybridized carbons (Fsp3) is 0.176. The third-order valence-electron chi connectivity index (χ3n) is 3.96. The number of anilines is 2. The molecule has 2 aromatic rings. The normalized spacial score (nSPS) is 12.7. The van der Waals surface area contributed by atoms with E-state index in [1.165, 1.54) is 12.1 Å². The second-order valence-electron chi connectivity index (χ2n) is 5.97. The first-order chi connectivity index (χ1) is 12.8. The SMILES string of the molecule is CN(C)c1ncccc1NC(=O)CN1C(=O)c2cccc([N+](=O)[O-])c2C1=O. The summed E-state index contributed by atoms with van der Waals surface area (Å²) < 4.78 is 0. The molecule has 2 heterocycles. The number of nitrogens with zero attached hydrogens (tertiary/aromatic N) is 4. The van der Waals surface area contributed by atoms with Crippen LogP contribution in [0.2, 0.25) is 0 Å². The Labute approximate surface area is 153 Å². The summed E-state index contributed by atoms with van der Waals surface area (Å²) in [6.07, 6.45) is 1.56. The number of hydrogen-bond donors (Lipinski definition) is 1. The molecule has 1 aliphatic rings. The average Bonchev–Trinajstić information content (AvgIpc) is 2.87. The van der Waals surface area contributed by atoms with Crippen LogP contribution in [0.1, 0.15) is 20.7 Å². The molecule has 1 N–H and O–H groups in total. The lowest BCUT2D eigenvalue weighted by molar-refractivity contribution is -0.385. The molecular weight excluding hydrogens is 354 g/mol. The van der Waals surface area contributed by atoms with E-state index in [0.717, 1.165) is 6.07 Å². The summed E-state index contributed by atoms with van der Waals surface area (Å²) in [5.41, 5.74) is -0.431. The number of nitrogens with one attached hydrogen (secondary N) is 1. The van der Waals surface area contributed by atoms with Crippen LogP contribution >= 0.6 is 0 Å². The van der Waals surface area contributed by atoms with Crippen LogP contribution in [0.5, 0.6) is 0 Å². The first-order valence-corrected chi connectivity index (χ1v) is 7.87. The van der Waals surface area contributed by atoms with Crippen LogP contribution < -0.4 is 10.2 Å². The van der Waals surface area contributed by atoms with Crippen LogP contribution in [0.4, 0.5) is 17.2 Å². The van der Waals surface area contributed by atoms with Crippen molar-refractivity contribution in [1.29, 1.82) is 0 Å². The topological polar surface area (TPSA) is 126 Å². The van der Waals surface area contributed by atoms with Gasteiger partial charge < -0.3 is 10.2 Å². The van der Waals surface area contributed by atoms with Crippen molar-refractivity contribution in [3.8, 4) is 0 Å². The molecule has 0 saturated heterocycles. The fourth-order valence-corrected chi connectivity index (χ4v) is 2.80. The van der Waals surface area contributed by atoms with E-state index in [0.29, 0.717) is 16.4 Å². The van der Waals surface area contributed by atoms with Crippen LogP contribution in [-0.4, -0.2) is 53.2 Å². The Morgan fingerprint density at radius 3 is 2.63 bits per heavy atom. The summed E-state index contributed by atoms with van der Waals surface area (Å²) in [5.74, 6) is -1.73. The van der Waals surface area contributed by atoms with E-state index in [4.69, 9.17) is 0 Å². The van der Waals surface area contributed by atoms with E-state index in [1.54, 1.807) is 37.3 Å². The molecule has 10 heteroatoms. The summed E-state index contributed by atoms with van der Waals surface area (Å²) in [7, 11) is 3.50.